The molecule has 2 aromatic heterocycles. The molecule has 10 heteroatoms. The molecule has 150 valence electrons. The largest absolute Gasteiger partial charge is 0.469 e. The van der Waals surface area contributed by atoms with Crippen molar-refractivity contribution in [2.24, 2.45) is 7.05 Å². The van der Waals surface area contributed by atoms with Crippen molar-refractivity contribution in [1.82, 2.24) is 9.78 Å². The first-order valence-corrected chi connectivity index (χ1v) is 8.63. The molecule has 0 radical (unpaired) electrons. The van der Waals surface area contributed by atoms with Gasteiger partial charge in [0.15, 0.2) is 5.82 Å². The van der Waals surface area contributed by atoms with Crippen LogP contribution in [0.3, 0.4) is 0 Å². The summed E-state index contributed by atoms with van der Waals surface area (Å²) in [5.41, 5.74) is -1.09. The zero-order valence-electron chi connectivity index (χ0n) is 15.1. The van der Waals surface area contributed by atoms with Crippen LogP contribution in [0.4, 0.5) is 24.8 Å². The second-order valence-electron chi connectivity index (χ2n) is 6.55. The number of anilines is 2. The maximum absolute atomic E-state index is 13.3. The van der Waals surface area contributed by atoms with Gasteiger partial charge in [-0.3, -0.25) is 14.3 Å². The maximum atomic E-state index is 13.3. The smallest absolute Gasteiger partial charge is 0.417 e. The van der Waals surface area contributed by atoms with Crippen LogP contribution in [0.1, 0.15) is 39.6 Å². The van der Waals surface area contributed by atoms with Crippen molar-refractivity contribution in [3.05, 3.63) is 65.1 Å². The highest BCUT2D eigenvalue weighted by atomic mass is 19.4. The Hall–Kier alpha value is -3.56. The van der Waals surface area contributed by atoms with Gasteiger partial charge in [-0.25, -0.2) is 0 Å². The van der Waals surface area contributed by atoms with Crippen molar-refractivity contribution in [1.29, 1.82) is 0 Å². The minimum Gasteiger partial charge on any atom is -0.469 e. The predicted octanol–water partition coefficient (Wildman–Crippen LogP) is 3.76. The number of fused-ring (bicyclic) bond motifs is 1. The van der Waals surface area contributed by atoms with Gasteiger partial charge in [-0.1, -0.05) is 12.1 Å². The van der Waals surface area contributed by atoms with E-state index in [9.17, 15) is 22.8 Å². The van der Waals surface area contributed by atoms with Crippen molar-refractivity contribution in [3.63, 3.8) is 0 Å². The van der Waals surface area contributed by atoms with Crippen LogP contribution in [-0.2, 0) is 18.0 Å². The molecule has 3 aromatic rings. The van der Waals surface area contributed by atoms with E-state index in [4.69, 9.17) is 4.42 Å². The Balaban J connectivity index is 1.74. The summed E-state index contributed by atoms with van der Waals surface area (Å²) in [6.07, 6.45) is -3.17. The van der Waals surface area contributed by atoms with Gasteiger partial charge in [0.05, 0.1) is 28.9 Å². The number of carbonyl (C=O) groups is 2. The van der Waals surface area contributed by atoms with E-state index in [1.165, 1.54) is 23.1 Å². The highest BCUT2D eigenvalue weighted by molar-refractivity contribution is 6.06. The van der Waals surface area contributed by atoms with E-state index in [-0.39, 0.29) is 18.1 Å². The second-order valence-corrected chi connectivity index (χ2v) is 6.55. The molecular formula is C19H15F3N4O3. The Morgan fingerprint density at radius 3 is 2.72 bits per heavy atom. The van der Waals surface area contributed by atoms with Gasteiger partial charge in [0.2, 0.25) is 5.91 Å². The quantitative estimate of drug-likeness (QED) is 0.696. The average molecular weight is 404 g/mol. The van der Waals surface area contributed by atoms with Crippen LogP contribution >= 0.6 is 0 Å². The van der Waals surface area contributed by atoms with E-state index < -0.39 is 29.1 Å². The molecule has 2 N–H and O–H groups in total. The molecule has 0 bridgehead atoms. The van der Waals surface area contributed by atoms with Crippen molar-refractivity contribution >= 4 is 23.5 Å². The van der Waals surface area contributed by atoms with E-state index in [1.54, 1.807) is 19.2 Å². The summed E-state index contributed by atoms with van der Waals surface area (Å²) in [4.78, 5) is 24.7. The summed E-state index contributed by atoms with van der Waals surface area (Å²) in [6, 6.07) is 7.85. The maximum Gasteiger partial charge on any atom is 0.417 e. The number of hydrogen-bond donors (Lipinski definition) is 2. The van der Waals surface area contributed by atoms with E-state index in [1.807, 2.05) is 0 Å². The SMILES string of the molecule is Cn1nc(NC(=O)c2ccccc2C(F)(F)F)c2c1NC(=O)C[C@H]2c1ccco1. The third-order valence-electron chi connectivity index (χ3n) is 4.68. The minimum absolute atomic E-state index is 0.0498. The Bertz CT molecular complexity index is 1090. The number of alkyl halides is 3. The number of nitrogens with zero attached hydrogens (tertiary/aromatic N) is 2. The molecule has 7 nitrogen and oxygen atoms in total. The van der Waals surface area contributed by atoms with Gasteiger partial charge >= 0.3 is 6.18 Å². The summed E-state index contributed by atoms with van der Waals surface area (Å²) in [7, 11) is 1.56. The van der Waals surface area contributed by atoms with Crippen LogP contribution < -0.4 is 10.6 Å². The number of furan rings is 1. The number of rotatable bonds is 3. The third kappa shape index (κ3) is 3.37. The summed E-state index contributed by atoms with van der Waals surface area (Å²) in [6.45, 7) is 0. The van der Waals surface area contributed by atoms with Gasteiger partial charge in [-0.2, -0.15) is 18.3 Å². The molecule has 1 atom stereocenters. The third-order valence-corrected chi connectivity index (χ3v) is 4.68. The average Bonchev–Trinajstić information content (AvgIpc) is 3.30. The Labute approximate surface area is 162 Å². The standard InChI is InChI=1S/C19H15F3N4O3/c1-26-17-15(11(9-14(27)23-17)13-7-4-8-29-13)16(25-26)24-18(28)10-5-2-3-6-12(10)19(20,21)22/h2-8,11H,9H2,1H3,(H,23,27)(H,24,25,28)/t11-/m0/s1. The molecule has 1 aliphatic rings. The number of halogens is 3. The van der Waals surface area contributed by atoms with Gasteiger partial charge in [0.1, 0.15) is 11.6 Å². The number of amides is 2. The second kappa shape index (κ2) is 6.80. The molecule has 0 unspecified atom stereocenters. The van der Waals surface area contributed by atoms with Crippen LogP contribution in [0.5, 0.6) is 0 Å². The highest BCUT2D eigenvalue weighted by Crippen LogP contribution is 2.41. The van der Waals surface area contributed by atoms with Crippen molar-refractivity contribution < 1.29 is 27.2 Å². The number of nitrogens with one attached hydrogen (secondary N) is 2. The van der Waals surface area contributed by atoms with Crippen molar-refractivity contribution in [2.75, 3.05) is 10.6 Å². The van der Waals surface area contributed by atoms with Gasteiger partial charge in [0, 0.05) is 13.5 Å². The molecule has 1 aliphatic heterocycles. The lowest BCUT2D eigenvalue weighted by molar-refractivity contribution is -0.137. The van der Waals surface area contributed by atoms with Gasteiger partial charge in [0.25, 0.3) is 5.91 Å². The number of carbonyl (C=O) groups excluding carboxylic acids is 2. The zero-order valence-corrected chi connectivity index (χ0v) is 15.1. The van der Waals surface area contributed by atoms with E-state index in [0.717, 1.165) is 12.1 Å². The monoisotopic (exact) mass is 404 g/mol. The normalized spacial score (nSPS) is 16.3. The van der Waals surface area contributed by atoms with Gasteiger partial charge < -0.3 is 15.1 Å². The number of aromatic nitrogens is 2. The Morgan fingerprint density at radius 2 is 2.03 bits per heavy atom. The molecule has 0 saturated heterocycles. The van der Waals surface area contributed by atoms with Crippen molar-refractivity contribution in [3.8, 4) is 0 Å². The van der Waals surface area contributed by atoms with Crippen LogP contribution in [-0.4, -0.2) is 21.6 Å². The molecule has 29 heavy (non-hydrogen) atoms. The molecule has 2 amide bonds. The molecule has 0 spiro atoms. The van der Waals surface area contributed by atoms with E-state index >= 15 is 0 Å². The molecule has 0 aliphatic carbocycles. The fourth-order valence-corrected chi connectivity index (χ4v) is 3.42. The fraction of sp³-hybridized carbons (Fsp3) is 0.211. The first-order valence-electron chi connectivity index (χ1n) is 8.63. The molecule has 0 fully saturated rings. The molecule has 0 saturated carbocycles. The first-order chi connectivity index (χ1) is 13.8. The molecule has 1 aromatic carbocycles. The molecule has 4 rings (SSSR count). The number of benzene rings is 1. The Morgan fingerprint density at radius 1 is 1.28 bits per heavy atom. The lowest BCUT2D eigenvalue weighted by Crippen LogP contribution is -2.25. The predicted molar refractivity (Wildman–Crippen MR) is 96.4 cm³/mol. The first kappa shape index (κ1) is 18.8. The van der Waals surface area contributed by atoms with Crippen molar-refractivity contribution in [2.45, 2.75) is 18.5 Å². The molecule has 3 heterocycles. The summed E-state index contributed by atoms with van der Waals surface area (Å²) in [5.74, 6) is -0.847. The van der Waals surface area contributed by atoms with Crippen LogP contribution in [0.2, 0.25) is 0 Å². The topological polar surface area (TPSA) is 89.2 Å². The summed E-state index contributed by atoms with van der Waals surface area (Å²) in [5, 5.41) is 9.33. The highest BCUT2D eigenvalue weighted by Gasteiger charge is 2.37. The summed E-state index contributed by atoms with van der Waals surface area (Å²) < 4.78 is 46.5. The lowest BCUT2D eigenvalue weighted by atomic mass is 9.91. The Kier molecular flexibility index (Phi) is 4.40. The fourth-order valence-electron chi connectivity index (χ4n) is 3.42. The van der Waals surface area contributed by atoms with E-state index in [2.05, 4.69) is 15.7 Å². The van der Waals surface area contributed by atoms with Crippen LogP contribution in [0, 0.1) is 0 Å². The number of hydrogen-bond acceptors (Lipinski definition) is 4. The summed E-state index contributed by atoms with van der Waals surface area (Å²) >= 11 is 0. The van der Waals surface area contributed by atoms with Crippen LogP contribution in [0.25, 0.3) is 0 Å². The molecular weight excluding hydrogens is 389 g/mol. The number of aryl methyl sites for hydroxylation is 1. The minimum atomic E-state index is -4.68. The van der Waals surface area contributed by atoms with Crippen LogP contribution in [0.15, 0.2) is 47.1 Å². The lowest BCUT2D eigenvalue weighted by Gasteiger charge is -2.22. The van der Waals surface area contributed by atoms with Gasteiger partial charge in [-0.15, -0.1) is 0 Å². The van der Waals surface area contributed by atoms with Gasteiger partial charge in [-0.05, 0) is 24.3 Å². The van der Waals surface area contributed by atoms with E-state index in [0.29, 0.717) is 17.1 Å². The zero-order chi connectivity index (χ0) is 20.8.